The molecule has 1 amide bonds. The molecule has 4 heterocycles. The average Bonchev–Trinajstić information content (AvgIpc) is 3.53. The van der Waals surface area contributed by atoms with E-state index in [0.717, 1.165) is 42.1 Å². The molecular weight excluding hydrogens is 402 g/mol. The molecule has 3 aromatic rings. The molecule has 5 rings (SSSR count). The van der Waals surface area contributed by atoms with E-state index in [0.29, 0.717) is 5.16 Å². The monoisotopic (exact) mass is 423 g/mol. The van der Waals surface area contributed by atoms with Crippen molar-refractivity contribution in [1.82, 2.24) is 19.8 Å². The number of rotatable bonds is 5. The molecule has 1 saturated carbocycles. The van der Waals surface area contributed by atoms with E-state index in [9.17, 15) is 4.79 Å². The molecule has 154 valence electrons. The molecule has 0 bridgehead atoms. The fraction of sp³-hybridized carbons (Fsp3) is 0.333. The van der Waals surface area contributed by atoms with Crippen molar-refractivity contribution in [3.05, 3.63) is 60.2 Å². The molecular formula is C21H21N5O3S. The van der Waals surface area contributed by atoms with Crippen molar-refractivity contribution < 1.29 is 13.6 Å². The Balaban J connectivity index is 1.45. The first-order valence-corrected chi connectivity index (χ1v) is 10.8. The molecule has 1 fully saturated rings. The Bertz CT molecular complexity index is 1080. The van der Waals surface area contributed by atoms with Gasteiger partial charge in [0.15, 0.2) is 5.16 Å². The van der Waals surface area contributed by atoms with Crippen LogP contribution in [0.3, 0.4) is 0 Å². The van der Waals surface area contributed by atoms with Gasteiger partial charge in [-0.1, -0.05) is 11.8 Å². The van der Waals surface area contributed by atoms with Gasteiger partial charge in [-0.15, -0.1) is 10.2 Å². The molecule has 2 atom stereocenters. The zero-order valence-corrected chi connectivity index (χ0v) is 17.3. The van der Waals surface area contributed by atoms with E-state index in [4.69, 9.17) is 13.9 Å². The maximum atomic E-state index is 13.2. The van der Waals surface area contributed by atoms with E-state index in [1.165, 1.54) is 11.8 Å². The van der Waals surface area contributed by atoms with E-state index < -0.39 is 0 Å². The van der Waals surface area contributed by atoms with E-state index in [1.807, 2.05) is 37.4 Å². The van der Waals surface area contributed by atoms with Gasteiger partial charge in [0, 0.05) is 13.0 Å². The first-order chi connectivity index (χ1) is 14.7. The highest BCUT2D eigenvalue weighted by molar-refractivity contribution is 7.99. The summed E-state index contributed by atoms with van der Waals surface area (Å²) in [6, 6.07) is 7.34. The molecule has 1 aliphatic heterocycles. The van der Waals surface area contributed by atoms with Crippen LogP contribution in [-0.2, 0) is 11.8 Å². The van der Waals surface area contributed by atoms with E-state index in [2.05, 4.69) is 10.2 Å². The number of fused-ring (bicyclic) bond motifs is 1. The number of allylic oxidation sites excluding steroid dienone is 1. The molecule has 2 aliphatic rings. The highest BCUT2D eigenvalue weighted by Gasteiger charge is 2.45. The van der Waals surface area contributed by atoms with Gasteiger partial charge in [-0.3, -0.25) is 4.79 Å². The number of nitrogens with zero attached hydrogens (tertiary/aromatic N) is 5. The zero-order valence-electron chi connectivity index (χ0n) is 16.5. The fourth-order valence-corrected chi connectivity index (χ4v) is 4.83. The summed E-state index contributed by atoms with van der Waals surface area (Å²) in [5, 5.41) is 15.0. The quantitative estimate of drug-likeness (QED) is 0.578. The Morgan fingerprint density at radius 2 is 2.17 bits per heavy atom. The van der Waals surface area contributed by atoms with Crippen molar-refractivity contribution >= 4 is 29.5 Å². The Hall–Kier alpha value is -3.07. The number of thioether (sulfide) groups is 1. The number of furan rings is 2. The van der Waals surface area contributed by atoms with Gasteiger partial charge < -0.3 is 13.4 Å². The Morgan fingerprint density at radius 3 is 2.90 bits per heavy atom. The maximum absolute atomic E-state index is 13.2. The number of hydrazone groups is 1. The SMILES string of the molecule is Cn1cnnc1SCC(=O)N1N=C2/C(=C/c3ccco3)CCCC2C1c1ccco1. The number of aromatic nitrogens is 3. The molecule has 9 heteroatoms. The third-order valence-electron chi connectivity index (χ3n) is 5.45. The van der Waals surface area contributed by atoms with Crippen molar-refractivity contribution in [3.63, 3.8) is 0 Å². The van der Waals surface area contributed by atoms with Crippen molar-refractivity contribution in [3.8, 4) is 0 Å². The van der Waals surface area contributed by atoms with Crippen LogP contribution in [0.2, 0.25) is 0 Å². The average molecular weight is 423 g/mol. The molecule has 3 aromatic heterocycles. The molecule has 0 N–H and O–H groups in total. The molecule has 0 radical (unpaired) electrons. The van der Waals surface area contributed by atoms with E-state index in [-0.39, 0.29) is 23.6 Å². The molecule has 2 unspecified atom stereocenters. The van der Waals surface area contributed by atoms with Crippen LogP contribution in [0.5, 0.6) is 0 Å². The number of amides is 1. The van der Waals surface area contributed by atoms with E-state index >= 15 is 0 Å². The van der Waals surface area contributed by atoms with Crippen LogP contribution in [-0.4, -0.2) is 37.1 Å². The summed E-state index contributed by atoms with van der Waals surface area (Å²) in [7, 11) is 1.86. The van der Waals surface area contributed by atoms with Gasteiger partial charge in [0.1, 0.15) is 23.9 Å². The normalized spacial score (nSPS) is 22.4. The molecule has 0 aromatic carbocycles. The standard InChI is InChI=1S/C21H21N5O3S/c1-25-13-22-23-21(25)30-12-18(27)26-20(17-8-4-10-29-17)16-7-2-5-14(19(16)24-26)11-15-6-3-9-28-15/h3-4,6,8-11,13,16,20H,2,5,7,12H2,1H3/b14-11+. The van der Waals surface area contributed by atoms with Crippen LogP contribution in [0.25, 0.3) is 6.08 Å². The Labute approximate surface area is 177 Å². The molecule has 0 spiro atoms. The molecule has 8 nitrogen and oxygen atoms in total. The van der Waals surface area contributed by atoms with Gasteiger partial charge in [-0.05, 0) is 55.2 Å². The predicted molar refractivity (Wildman–Crippen MR) is 111 cm³/mol. The summed E-state index contributed by atoms with van der Waals surface area (Å²) >= 11 is 1.35. The molecule has 0 saturated heterocycles. The third kappa shape index (κ3) is 3.49. The summed E-state index contributed by atoms with van der Waals surface area (Å²) in [6.07, 6.45) is 9.86. The van der Waals surface area contributed by atoms with Gasteiger partial charge in [0.2, 0.25) is 0 Å². The van der Waals surface area contributed by atoms with Gasteiger partial charge in [-0.25, -0.2) is 5.01 Å². The number of carbonyl (C=O) groups excluding carboxylic acids is 1. The Kier molecular flexibility index (Phi) is 5.04. The van der Waals surface area contributed by atoms with Gasteiger partial charge in [0.25, 0.3) is 5.91 Å². The minimum absolute atomic E-state index is 0.0800. The Morgan fingerprint density at radius 1 is 1.30 bits per heavy atom. The zero-order chi connectivity index (χ0) is 20.5. The largest absolute Gasteiger partial charge is 0.467 e. The van der Waals surface area contributed by atoms with Crippen LogP contribution >= 0.6 is 11.8 Å². The topological polar surface area (TPSA) is 89.7 Å². The number of carbonyl (C=O) groups is 1. The van der Waals surface area contributed by atoms with Gasteiger partial charge >= 0.3 is 0 Å². The minimum atomic E-state index is -0.233. The van der Waals surface area contributed by atoms with E-state index in [1.54, 1.807) is 28.4 Å². The maximum Gasteiger partial charge on any atom is 0.253 e. The lowest BCUT2D eigenvalue weighted by atomic mass is 9.79. The van der Waals surface area contributed by atoms with Crippen LogP contribution in [0.1, 0.15) is 36.8 Å². The van der Waals surface area contributed by atoms with Crippen molar-refractivity contribution in [1.29, 1.82) is 0 Å². The minimum Gasteiger partial charge on any atom is -0.467 e. The smallest absolute Gasteiger partial charge is 0.253 e. The second kappa shape index (κ2) is 7.98. The molecule has 1 aliphatic carbocycles. The van der Waals surface area contributed by atoms with Crippen LogP contribution < -0.4 is 0 Å². The van der Waals surface area contributed by atoms with Gasteiger partial charge in [0.05, 0.1) is 24.0 Å². The number of hydrogen-bond donors (Lipinski definition) is 0. The summed E-state index contributed by atoms with van der Waals surface area (Å²) in [6.45, 7) is 0. The number of aryl methyl sites for hydroxylation is 1. The third-order valence-corrected chi connectivity index (χ3v) is 6.47. The first kappa shape index (κ1) is 18.9. The predicted octanol–water partition coefficient (Wildman–Crippen LogP) is 3.92. The first-order valence-electron chi connectivity index (χ1n) is 9.86. The van der Waals surface area contributed by atoms with Crippen LogP contribution in [0, 0.1) is 5.92 Å². The van der Waals surface area contributed by atoms with Crippen LogP contribution in [0.15, 0.2) is 67.8 Å². The highest BCUT2D eigenvalue weighted by Crippen LogP contribution is 2.44. The summed E-state index contributed by atoms with van der Waals surface area (Å²) in [4.78, 5) is 13.2. The van der Waals surface area contributed by atoms with Gasteiger partial charge in [-0.2, -0.15) is 5.10 Å². The number of hydrogen-bond acceptors (Lipinski definition) is 7. The lowest BCUT2D eigenvalue weighted by Gasteiger charge is -2.27. The molecule has 30 heavy (non-hydrogen) atoms. The van der Waals surface area contributed by atoms with Crippen molar-refractivity contribution in [2.75, 3.05) is 5.75 Å². The lowest BCUT2D eigenvalue weighted by molar-refractivity contribution is -0.131. The second-order valence-electron chi connectivity index (χ2n) is 7.38. The van der Waals surface area contributed by atoms with Crippen molar-refractivity contribution in [2.45, 2.75) is 30.5 Å². The highest BCUT2D eigenvalue weighted by atomic mass is 32.2. The van der Waals surface area contributed by atoms with Crippen LogP contribution in [0.4, 0.5) is 0 Å². The fourth-order valence-electron chi connectivity index (χ4n) is 4.09. The second-order valence-corrected chi connectivity index (χ2v) is 8.32. The summed E-state index contributed by atoms with van der Waals surface area (Å²) in [5.41, 5.74) is 2.07. The lowest BCUT2D eigenvalue weighted by Crippen LogP contribution is -2.32. The summed E-state index contributed by atoms with van der Waals surface area (Å²) in [5.74, 6) is 1.81. The summed E-state index contributed by atoms with van der Waals surface area (Å²) < 4.78 is 13.0. The van der Waals surface area contributed by atoms with Crippen molar-refractivity contribution in [2.24, 2.45) is 18.1 Å².